The molecule has 2 aromatic carbocycles. The Bertz CT molecular complexity index is 1210. The predicted octanol–water partition coefficient (Wildman–Crippen LogP) is 5.95. The van der Waals surface area contributed by atoms with Crippen molar-refractivity contribution in [3.8, 4) is 5.75 Å². The number of hydrogen-bond acceptors (Lipinski definition) is 5. The van der Waals surface area contributed by atoms with Crippen molar-refractivity contribution in [2.75, 3.05) is 17.2 Å². The lowest BCUT2D eigenvalue weighted by molar-refractivity contribution is -0.137. The summed E-state index contributed by atoms with van der Waals surface area (Å²) in [5, 5.41) is 5.20. The minimum Gasteiger partial charge on any atom is -0.487 e. The van der Waals surface area contributed by atoms with Crippen molar-refractivity contribution in [3.05, 3.63) is 70.6 Å². The van der Waals surface area contributed by atoms with Crippen molar-refractivity contribution < 1.29 is 22.3 Å². The Morgan fingerprint density at radius 2 is 1.83 bits per heavy atom. The van der Waals surface area contributed by atoms with E-state index < -0.39 is 27.4 Å². The van der Waals surface area contributed by atoms with Crippen molar-refractivity contribution in [1.29, 1.82) is 0 Å². The zero-order chi connectivity index (χ0) is 21.6. The number of rotatable bonds is 0. The van der Waals surface area contributed by atoms with Gasteiger partial charge in [0, 0.05) is 23.0 Å². The maximum atomic E-state index is 14.3. The third-order valence-electron chi connectivity index (χ3n) is 4.34. The number of alkyl halides is 3. The molecule has 0 atom stereocenters. The summed E-state index contributed by atoms with van der Waals surface area (Å²) in [5.74, 6) is -0.896. The van der Waals surface area contributed by atoms with Crippen LogP contribution in [-0.4, -0.2) is 16.6 Å². The lowest BCUT2D eigenvalue weighted by Crippen LogP contribution is -2.13. The smallest absolute Gasteiger partial charge is 0.418 e. The first-order chi connectivity index (χ1) is 14.1. The molecule has 1 aliphatic rings. The Hall–Kier alpha value is -3.14. The Morgan fingerprint density at radius 1 is 1.10 bits per heavy atom. The third-order valence-corrected chi connectivity index (χ3v) is 5.11. The zero-order valence-electron chi connectivity index (χ0n) is 15.2. The highest BCUT2D eigenvalue weighted by molar-refractivity contribution is 9.10. The summed E-state index contributed by atoms with van der Waals surface area (Å²) in [6, 6.07) is 7.78. The maximum Gasteiger partial charge on any atom is 0.418 e. The minimum absolute atomic E-state index is 0.0452. The van der Waals surface area contributed by atoms with Gasteiger partial charge in [-0.15, -0.1) is 0 Å². The van der Waals surface area contributed by atoms with Crippen LogP contribution >= 0.6 is 15.9 Å². The minimum atomic E-state index is -4.87. The van der Waals surface area contributed by atoms with E-state index in [0.717, 1.165) is 6.07 Å². The van der Waals surface area contributed by atoms with Gasteiger partial charge in [-0.1, -0.05) is 25.3 Å². The number of hydrogen-bond donors (Lipinski definition) is 2. The number of nitrogens with one attached hydrogen (secondary N) is 2. The molecule has 2 heterocycles. The summed E-state index contributed by atoms with van der Waals surface area (Å²) in [5.41, 5.74) is -0.334. The van der Waals surface area contributed by atoms with E-state index in [0.29, 0.717) is 17.0 Å². The van der Waals surface area contributed by atoms with Gasteiger partial charge < -0.3 is 15.4 Å². The molecule has 0 amide bonds. The van der Waals surface area contributed by atoms with Crippen LogP contribution in [0.2, 0.25) is 0 Å². The van der Waals surface area contributed by atoms with E-state index in [1.807, 2.05) is 0 Å². The van der Waals surface area contributed by atoms with E-state index in [9.17, 15) is 17.6 Å². The zero-order valence-corrected chi connectivity index (χ0v) is 16.8. The van der Waals surface area contributed by atoms with E-state index in [-0.39, 0.29) is 29.6 Å². The second-order valence-electron chi connectivity index (χ2n) is 6.45. The molecule has 5 nitrogen and oxygen atoms in total. The molecule has 0 aliphatic carbocycles. The van der Waals surface area contributed by atoms with Crippen LogP contribution in [-0.2, 0) is 6.18 Å². The first-order valence-electron chi connectivity index (χ1n) is 8.55. The summed E-state index contributed by atoms with van der Waals surface area (Å²) in [6.07, 6.45) is -4.87. The summed E-state index contributed by atoms with van der Waals surface area (Å²) >= 11 is 2.71. The van der Waals surface area contributed by atoms with Crippen LogP contribution in [0.25, 0.3) is 16.6 Å². The fourth-order valence-electron chi connectivity index (χ4n) is 3.07. The number of anilines is 2. The lowest BCUT2D eigenvalue weighted by atomic mass is 10.1. The molecule has 154 valence electrons. The average molecular weight is 481 g/mol. The average Bonchev–Trinajstić information content (AvgIpc) is 2.68. The summed E-state index contributed by atoms with van der Waals surface area (Å²) in [7, 11) is 0. The molecule has 0 radical (unpaired) electrons. The molecule has 0 saturated heterocycles. The monoisotopic (exact) mass is 480 g/mol. The van der Waals surface area contributed by atoms with Crippen LogP contribution in [0.1, 0.15) is 11.1 Å². The van der Waals surface area contributed by atoms with Crippen molar-refractivity contribution in [1.82, 2.24) is 9.97 Å². The Kier molecular flexibility index (Phi) is 4.89. The molecule has 0 unspecified atom stereocenters. The second-order valence-corrected chi connectivity index (χ2v) is 7.25. The van der Waals surface area contributed by atoms with Gasteiger partial charge in [-0.25, -0.2) is 9.37 Å². The first-order valence-corrected chi connectivity index (χ1v) is 9.34. The first kappa shape index (κ1) is 20.1. The molecule has 30 heavy (non-hydrogen) atoms. The number of para-hydroxylation sites is 1. The van der Waals surface area contributed by atoms with Gasteiger partial charge in [0.2, 0.25) is 5.95 Å². The predicted molar refractivity (Wildman–Crippen MR) is 110 cm³/mol. The van der Waals surface area contributed by atoms with Crippen molar-refractivity contribution >= 4 is 44.3 Å². The highest BCUT2D eigenvalue weighted by Gasteiger charge is 2.38. The summed E-state index contributed by atoms with van der Waals surface area (Å²) in [4.78, 5) is 8.21. The highest BCUT2D eigenvalue weighted by atomic mass is 79.9. The quantitative estimate of drug-likeness (QED) is 0.389. The van der Waals surface area contributed by atoms with Crippen LogP contribution in [0.15, 0.2) is 53.7 Å². The molecule has 0 spiro atoms. The van der Waals surface area contributed by atoms with Crippen molar-refractivity contribution in [2.24, 2.45) is 0 Å². The van der Waals surface area contributed by atoms with Gasteiger partial charge >= 0.3 is 6.18 Å². The normalized spacial score (nSPS) is 14.3. The molecular formula is C20H13BrF4N4O. The van der Waals surface area contributed by atoms with E-state index in [1.165, 1.54) is 0 Å². The van der Waals surface area contributed by atoms with E-state index >= 15 is 0 Å². The summed E-state index contributed by atoms with van der Waals surface area (Å²) < 4.78 is 60.8. The van der Waals surface area contributed by atoms with Crippen LogP contribution in [0.3, 0.4) is 0 Å². The van der Waals surface area contributed by atoms with Gasteiger partial charge in [-0.05, 0) is 28.1 Å². The fourth-order valence-corrected chi connectivity index (χ4v) is 3.60. The van der Waals surface area contributed by atoms with Gasteiger partial charge in [0.05, 0.1) is 20.9 Å². The standard InChI is InChI=1S/C20H13BrF4N4O/c1-9-8-30-14-6-4-3-5-11(14)10(2)27-18-15-13(28-19(26-9)29-18)7-12(22)17(21)16(15)20(23,24)25/h3-7H,1-2,8H2,(H2,26,27,28,29). The van der Waals surface area contributed by atoms with E-state index in [4.69, 9.17) is 4.74 Å². The molecule has 2 bridgehead atoms. The number of nitrogens with zero attached hydrogens (tertiary/aromatic N) is 2. The Morgan fingerprint density at radius 3 is 2.57 bits per heavy atom. The number of benzene rings is 2. The lowest BCUT2D eigenvalue weighted by Gasteiger charge is -2.18. The molecule has 0 saturated carbocycles. The Labute approximate surface area is 176 Å². The number of fused-ring (bicyclic) bond motifs is 5. The van der Waals surface area contributed by atoms with Gasteiger partial charge in [0.25, 0.3) is 0 Å². The molecule has 4 rings (SSSR count). The Balaban J connectivity index is 2.02. The van der Waals surface area contributed by atoms with Gasteiger partial charge in [-0.3, -0.25) is 0 Å². The third kappa shape index (κ3) is 3.58. The number of halogens is 5. The van der Waals surface area contributed by atoms with E-state index in [2.05, 4.69) is 49.7 Å². The SMILES string of the molecule is C=C1COc2ccccc2C(=C)Nc2nc(nc3cc(F)c(Br)c(C(F)(F)F)c23)N1. The maximum absolute atomic E-state index is 14.3. The topological polar surface area (TPSA) is 59.1 Å². The second kappa shape index (κ2) is 7.28. The number of ether oxygens (including phenoxy) is 1. The van der Waals surface area contributed by atoms with Crippen LogP contribution in [0.5, 0.6) is 5.75 Å². The molecule has 10 heteroatoms. The van der Waals surface area contributed by atoms with Crippen LogP contribution < -0.4 is 15.4 Å². The van der Waals surface area contributed by atoms with Gasteiger partial charge in [0.1, 0.15) is 24.0 Å². The van der Waals surface area contributed by atoms with Gasteiger partial charge in [0.15, 0.2) is 0 Å². The van der Waals surface area contributed by atoms with Crippen molar-refractivity contribution in [2.45, 2.75) is 6.18 Å². The van der Waals surface area contributed by atoms with Crippen LogP contribution in [0, 0.1) is 5.82 Å². The van der Waals surface area contributed by atoms with E-state index in [1.54, 1.807) is 24.3 Å². The highest BCUT2D eigenvalue weighted by Crippen LogP contribution is 2.44. The van der Waals surface area contributed by atoms with Gasteiger partial charge in [-0.2, -0.15) is 18.2 Å². The molecular weight excluding hydrogens is 468 g/mol. The largest absolute Gasteiger partial charge is 0.487 e. The molecule has 1 aromatic heterocycles. The molecule has 1 aliphatic heterocycles. The molecule has 3 aromatic rings. The van der Waals surface area contributed by atoms with Crippen molar-refractivity contribution in [3.63, 3.8) is 0 Å². The summed E-state index contributed by atoms with van der Waals surface area (Å²) in [6.45, 7) is 7.77. The molecule has 2 N–H and O–H groups in total. The van der Waals surface area contributed by atoms with Crippen LogP contribution in [0.4, 0.5) is 29.3 Å². The molecule has 0 fully saturated rings. The fraction of sp³-hybridized carbons (Fsp3) is 0.100. The number of aromatic nitrogens is 2.